The second kappa shape index (κ2) is 8.52. The molecule has 0 aliphatic carbocycles. The van der Waals surface area contributed by atoms with Crippen LogP contribution in [0.5, 0.6) is 11.5 Å². The molecule has 0 spiro atoms. The summed E-state index contributed by atoms with van der Waals surface area (Å²) in [5, 5.41) is 8.86. The summed E-state index contributed by atoms with van der Waals surface area (Å²) in [4.78, 5) is 10.9. The van der Waals surface area contributed by atoms with E-state index in [1.807, 2.05) is 0 Å². The summed E-state index contributed by atoms with van der Waals surface area (Å²) in [6.07, 6.45) is 0.168. The van der Waals surface area contributed by atoms with Gasteiger partial charge >= 0.3 is 5.97 Å². The molecule has 0 bridgehead atoms. The number of methoxy groups -OCH3 is 1. The average Bonchev–Trinajstić information content (AvgIpc) is 2.60. The maximum absolute atomic E-state index is 14.0. The standard InChI is InChI=1S/C17H18FNO6S/c1-24-12-6-8-13(9-7-12)25-10-3-11-26(22,23)19-15-5-2-4-14(16(15)18)17(20)21/h2,4-9,19H,3,10-11H2,1H3,(H,20,21). The van der Waals surface area contributed by atoms with E-state index in [0.717, 1.165) is 12.1 Å². The zero-order valence-electron chi connectivity index (χ0n) is 13.9. The molecule has 0 aromatic heterocycles. The van der Waals surface area contributed by atoms with Crippen LogP contribution in [0.25, 0.3) is 0 Å². The van der Waals surface area contributed by atoms with Crippen molar-refractivity contribution < 1.29 is 32.2 Å². The molecule has 2 N–H and O–H groups in total. The fourth-order valence-corrected chi connectivity index (χ4v) is 3.20. The Morgan fingerprint density at radius 2 is 1.81 bits per heavy atom. The first kappa shape index (κ1) is 19.5. The number of anilines is 1. The lowest BCUT2D eigenvalue weighted by Gasteiger charge is -2.11. The van der Waals surface area contributed by atoms with E-state index in [1.165, 1.54) is 6.07 Å². The number of sulfonamides is 1. The molecule has 0 heterocycles. The van der Waals surface area contributed by atoms with Crippen LogP contribution in [0.15, 0.2) is 42.5 Å². The van der Waals surface area contributed by atoms with Crippen LogP contribution in [0.3, 0.4) is 0 Å². The Bertz CT molecular complexity index is 867. The minimum absolute atomic E-state index is 0.144. The second-order valence-corrected chi connectivity index (χ2v) is 7.11. The number of carboxylic acids is 1. The lowest BCUT2D eigenvalue weighted by atomic mass is 10.2. The van der Waals surface area contributed by atoms with Crippen molar-refractivity contribution in [1.29, 1.82) is 0 Å². The van der Waals surface area contributed by atoms with Gasteiger partial charge < -0.3 is 14.6 Å². The van der Waals surface area contributed by atoms with Crippen molar-refractivity contribution in [1.82, 2.24) is 0 Å². The Morgan fingerprint density at radius 1 is 1.15 bits per heavy atom. The highest BCUT2D eigenvalue weighted by molar-refractivity contribution is 7.92. The van der Waals surface area contributed by atoms with Gasteiger partial charge in [0.2, 0.25) is 10.0 Å². The summed E-state index contributed by atoms with van der Waals surface area (Å²) in [7, 11) is -2.30. The Labute approximate surface area is 150 Å². The van der Waals surface area contributed by atoms with Crippen LogP contribution in [0.4, 0.5) is 10.1 Å². The molecule has 26 heavy (non-hydrogen) atoms. The fourth-order valence-electron chi connectivity index (χ4n) is 2.11. The molecule has 140 valence electrons. The van der Waals surface area contributed by atoms with Gasteiger partial charge in [0.25, 0.3) is 0 Å². The van der Waals surface area contributed by atoms with Gasteiger partial charge in [0.15, 0.2) is 5.82 Å². The lowest BCUT2D eigenvalue weighted by Crippen LogP contribution is -2.19. The van der Waals surface area contributed by atoms with E-state index in [-0.39, 0.29) is 18.8 Å². The quantitative estimate of drug-likeness (QED) is 0.646. The zero-order chi connectivity index (χ0) is 19.2. The maximum atomic E-state index is 14.0. The van der Waals surface area contributed by atoms with Crippen molar-refractivity contribution in [2.45, 2.75) is 6.42 Å². The van der Waals surface area contributed by atoms with Crippen molar-refractivity contribution in [2.75, 3.05) is 24.2 Å². The molecule has 0 amide bonds. The maximum Gasteiger partial charge on any atom is 0.338 e. The third kappa shape index (κ3) is 5.35. The summed E-state index contributed by atoms with van der Waals surface area (Å²) < 4.78 is 50.5. The zero-order valence-corrected chi connectivity index (χ0v) is 14.8. The average molecular weight is 383 g/mol. The fraction of sp³-hybridized carbons (Fsp3) is 0.235. The van der Waals surface area contributed by atoms with Crippen LogP contribution in [0.2, 0.25) is 0 Å². The first-order valence-corrected chi connectivity index (χ1v) is 9.27. The van der Waals surface area contributed by atoms with E-state index < -0.39 is 33.1 Å². The molecule has 2 rings (SSSR count). The minimum atomic E-state index is -3.85. The molecule has 0 saturated carbocycles. The number of benzene rings is 2. The van der Waals surface area contributed by atoms with Crippen molar-refractivity contribution in [3.05, 3.63) is 53.8 Å². The molecule has 0 atom stereocenters. The summed E-state index contributed by atoms with van der Waals surface area (Å²) in [5.41, 5.74) is -1.01. The Hall–Kier alpha value is -2.81. The van der Waals surface area contributed by atoms with Gasteiger partial charge in [0.1, 0.15) is 11.5 Å². The van der Waals surface area contributed by atoms with E-state index >= 15 is 0 Å². The molecular weight excluding hydrogens is 365 g/mol. The van der Waals surface area contributed by atoms with Gasteiger partial charge in [-0.25, -0.2) is 17.6 Å². The van der Waals surface area contributed by atoms with Crippen LogP contribution < -0.4 is 14.2 Å². The van der Waals surface area contributed by atoms with Crippen LogP contribution in [0.1, 0.15) is 16.8 Å². The predicted octanol–water partition coefficient (Wildman–Crippen LogP) is 2.74. The molecule has 2 aromatic carbocycles. The lowest BCUT2D eigenvalue weighted by molar-refractivity contribution is 0.0692. The number of ether oxygens (including phenoxy) is 2. The molecule has 0 fully saturated rings. The van der Waals surface area contributed by atoms with E-state index in [2.05, 4.69) is 4.72 Å². The first-order valence-electron chi connectivity index (χ1n) is 7.61. The number of carboxylic acid groups (broad SMARTS) is 1. The summed E-state index contributed by atoms with van der Waals surface area (Å²) in [6, 6.07) is 10.3. The van der Waals surface area contributed by atoms with Gasteiger partial charge in [0.05, 0.1) is 30.7 Å². The molecule has 0 saturated heterocycles. The molecular formula is C17H18FNO6S. The smallest absolute Gasteiger partial charge is 0.338 e. The molecule has 2 aromatic rings. The summed E-state index contributed by atoms with van der Waals surface area (Å²) in [6.45, 7) is 0.144. The third-order valence-corrected chi connectivity index (χ3v) is 4.74. The van der Waals surface area contributed by atoms with Gasteiger partial charge in [-0.15, -0.1) is 0 Å². The predicted molar refractivity (Wildman–Crippen MR) is 93.9 cm³/mol. The third-order valence-electron chi connectivity index (χ3n) is 3.38. The van der Waals surface area contributed by atoms with Gasteiger partial charge in [-0.1, -0.05) is 6.07 Å². The summed E-state index contributed by atoms with van der Waals surface area (Å²) >= 11 is 0. The van der Waals surface area contributed by atoms with Gasteiger partial charge in [0, 0.05) is 0 Å². The first-order chi connectivity index (χ1) is 12.3. The van der Waals surface area contributed by atoms with Crippen LogP contribution in [0, 0.1) is 5.82 Å². The van der Waals surface area contributed by atoms with Crippen LogP contribution >= 0.6 is 0 Å². The van der Waals surface area contributed by atoms with Gasteiger partial charge in [-0.05, 0) is 42.8 Å². The van der Waals surface area contributed by atoms with Gasteiger partial charge in [-0.3, -0.25) is 4.72 Å². The topological polar surface area (TPSA) is 102 Å². The Kier molecular flexibility index (Phi) is 6.40. The highest BCUT2D eigenvalue weighted by Gasteiger charge is 2.18. The van der Waals surface area contributed by atoms with Crippen LogP contribution in [-0.4, -0.2) is 39.0 Å². The SMILES string of the molecule is COc1ccc(OCCCS(=O)(=O)Nc2cccc(C(=O)O)c2F)cc1. The number of rotatable bonds is 9. The number of halogens is 1. The van der Waals surface area contributed by atoms with E-state index in [1.54, 1.807) is 31.4 Å². The Balaban J connectivity index is 1.89. The van der Waals surface area contributed by atoms with Crippen molar-refractivity contribution >= 4 is 21.7 Å². The molecule has 0 radical (unpaired) electrons. The largest absolute Gasteiger partial charge is 0.497 e. The molecule has 0 unspecified atom stereocenters. The number of nitrogens with one attached hydrogen (secondary N) is 1. The van der Waals surface area contributed by atoms with Crippen molar-refractivity contribution in [3.63, 3.8) is 0 Å². The molecule has 7 nitrogen and oxygen atoms in total. The number of aromatic carboxylic acids is 1. The minimum Gasteiger partial charge on any atom is -0.497 e. The van der Waals surface area contributed by atoms with Gasteiger partial charge in [-0.2, -0.15) is 0 Å². The Morgan fingerprint density at radius 3 is 2.42 bits per heavy atom. The monoisotopic (exact) mass is 383 g/mol. The highest BCUT2D eigenvalue weighted by Crippen LogP contribution is 2.20. The second-order valence-electron chi connectivity index (χ2n) is 5.27. The van der Waals surface area contributed by atoms with E-state index in [0.29, 0.717) is 11.5 Å². The number of carbonyl (C=O) groups is 1. The van der Waals surface area contributed by atoms with E-state index in [9.17, 15) is 17.6 Å². The number of hydrogen-bond donors (Lipinski definition) is 2. The van der Waals surface area contributed by atoms with Crippen LogP contribution in [-0.2, 0) is 10.0 Å². The van der Waals surface area contributed by atoms with Crippen molar-refractivity contribution in [3.8, 4) is 11.5 Å². The highest BCUT2D eigenvalue weighted by atomic mass is 32.2. The van der Waals surface area contributed by atoms with Crippen molar-refractivity contribution in [2.24, 2.45) is 0 Å². The molecule has 0 aliphatic heterocycles. The molecule has 0 aliphatic rings. The normalized spacial score (nSPS) is 11.0. The summed E-state index contributed by atoms with van der Waals surface area (Å²) in [5.74, 6) is -1.67. The van der Waals surface area contributed by atoms with E-state index in [4.69, 9.17) is 14.6 Å². The number of hydrogen-bond acceptors (Lipinski definition) is 5. The molecule has 9 heteroatoms.